The molecule has 2 amide bonds. The van der Waals surface area contributed by atoms with E-state index in [9.17, 15) is 4.79 Å². The van der Waals surface area contributed by atoms with Gasteiger partial charge in [-0.25, -0.2) is 9.78 Å². The number of aryl methyl sites for hydroxylation is 1. The molecule has 0 atom stereocenters. The van der Waals surface area contributed by atoms with Crippen molar-refractivity contribution in [3.8, 4) is 0 Å². The molecule has 1 aromatic carbocycles. The Kier molecular flexibility index (Phi) is 4.06. The highest BCUT2D eigenvalue weighted by atomic mass is 35.5. The summed E-state index contributed by atoms with van der Waals surface area (Å²) in [6.07, 6.45) is 0. The zero-order valence-corrected chi connectivity index (χ0v) is 11.7. The lowest BCUT2D eigenvalue weighted by Gasteiger charge is -2.07. The summed E-state index contributed by atoms with van der Waals surface area (Å²) in [5, 5.41) is 8.52. The highest BCUT2D eigenvalue weighted by Gasteiger charge is 2.08. The Bertz CT molecular complexity index is 585. The molecule has 0 fully saturated rings. The van der Waals surface area contributed by atoms with Gasteiger partial charge in [-0.05, 0) is 25.1 Å². The number of thiazole rings is 1. The molecule has 0 saturated carbocycles. The smallest absolute Gasteiger partial charge is 0.306 e. The maximum atomic E-state index is 11.7. The van der Waals surface area contributed by atoms with Gasteiger partial charge in [-0.3, -0.25) is 5.32 Å². The van der Waals surface area contributed by atoms with E-state index in [0.29, 0.717) is 20.9 Å². The number of aromatic nitrogens is 1. The Labute approximate surface area is 118 Å². The zero-order chi connectivity index (χ0) is 13.1. The topological polar surface area (TPSA) is 54.0 Å². The first-order valence-electron chi connectivity index (χ1n) is 5.00. The van der Waals surface area contributed by atoms with Gasteiger partial charge >= 0.3 is 6.03 Å². The molecule has 0 aliphatic carbocycles. The number of carbonyl (C=O) groups excluding carboxylic acids is 1. The molecule has 2 aromatic rings. The van der Waals surface area contributed by atoms with Crippen LogP contribution in [0.15, 0.2) is 23.6 Å². The second-order valence-electron chi connectivity index (χ2n) is 3.50. The molecule has 0 bridgehead atoms. The highest BCUT2D eigenvalue weighted by Crippen LogP contribution is 2.25. The first-order valence-corrected chi connectivity index (χ1v) is 6.63. The van der Waals surface area contributed by atoms with E-state index < -0.39 is 6.03 Å². The number of halogens is 2. The number of hydrogen-bond donors (Lipinski definition) is 2. The van der Waals surface area contributed by atoms with E-state index in [1.165, 1.54) is 11.3 Å². The minimum atomic E-state index is -0.409. The molecular weight excluding hydrogens is 293 g/mol. The van der Waals surface area contributed by atoms with Gasteiger partial charge < -0.3 is 5.32 Å². The average molecular weight is 302 g/mol. The molecule has 0 unspecified atom stereocenters. The Morgan fingerprint density at radius 3 is 2.78 bits per heavy atom. The van der Waals surface area contributed by atoms with Gasteiger partial charge in [-0.1, -0.05) is 23.2 Å². The number of nitrogens with one attached hydrogen (secondary N) is 2. The third-order valence-electron chi connectivity index (χ3n) is 2.02. The molecular formula is C11H9Cl2N3OS. The van der Waals surface area contributed by atoms with Gasteiger partial charge in [0.05, 0.1) is 16.4 Å². The third kappa shape index (κ3) is 3.35. The summed E-state index contributed by atoms with van der Waals surface area (Å²) >= 11 is 13.1. The number of anilines is 2. The SMILES string of the molecule is Cc1csc(NC(=O)Nc2cc(Cl)ccc2Cl)n1. The fraction of sp³-hybridized carbons (Fsp3) is 0.0909. The molecule has 2 rings (SSSR count). The number of hydrogen-bond acceptors (Lipinski definition) is 3. The fourth-order valence-corrected chi connectivity index (χ4v) is 2.28. The summed E-state index contributed by atoms with van der Waals surface area (Å²) in [5.74, 6) is 0. The predicted molar refractivity (Wildman–Crippen MR) is 76.0 cm³/mol. The van der Waals surface area contributed by atoms with Crippen molar-refractivity contribution in [3.63, 3.8) is 0 Å². The van der Waals surface area contributed by atoms with Gasteiger partial charge in [0.25, 0.3) is 0 Å². The second-order valence-corrected chi connectivity index (χ2v) is 5.20. The van der Waals surface area contributed by atoms with E-state index in [1.807, 2.05) is 12.3 Å². The molecule has 0 radical (unpaired) electrons. The van der Waals surface area contributed by atoms with E-state index >= 15 is 0 Å². The Morgan fingerprint density at radius 2 is 2.11 bits per heavy atom. The van der Waals surface area contributed by atoms with Crippen LogP contribution in [0, 0.1) is 6.92 Å². The first kappa shape index (κ1) is 13.1. The summed E-state index contributed by atoms with van der Waals surface area (Å²) in [6, 6.07) is 4.44. The van der Waals surface area contributed by atoms with E-state index in [1.54, 1.807) is 18.2 Å². The molecule has 18 heavy (non-hydrogen) atoms. The lowest BCUT2D eigenvalue weighted by molar-refractivity contribution is 0.262. The van der Waals surface area contributed by atoms with Gasteiger partial charge in [-0.2, -0.15) is 0 Å². The van der Waals surface area contributed by atoms with Gasteiger partial charge in [0.2, 0.25) is 0 Å². The van der Waals surface area contributed by atoms with Gasteiger partial charge in [0.15, 0.2) is 5.13 Å². The minimum absolute atomic E-state index is 0.409. The normalized spacial score (nSPS) is 10.2. The van der Waals surface area contributed by atoms with Gasteiger partial charge in [0, 0.05) is 10.4 Å². The largest absolute Gasteiger partial charge is 0.325 e. The van der Waals surface area contributed by atoms with Crippen molar-refractivity contribution in [2.45, 2.75) is 6.92 Å². The van der Waals surface area contributed by atoms with Crippen LogP contribution in [0.1, 0.15) is 5.69 Å². The molecule has 0 saturated heterocycles. The highest BCUT2D eigenvalue weighted by molar-refractivity contribution is 7.13. The number of rotatable bonds is 2. The number of amides is 2. The molecule has 0 aliphatic rings. The zero-order valence-electron chi connectivity index (χ0n) is 9.33. The minimum Gasteiger partial charge on any atom is -0.306 e. The summed E-state index contributed by atoms with van der Waals surface area (Å²) in [6.45, 7) is 1.85. The lowest BCUT2D eigenvalue weighted by atomic mass is 10.3. The van der Waals surface area contributed by atoms with Crippen molar-refractivity contribution < 1.29 is 4.79 Å². The van der Waals surface area contributed by atoms with Crippen molar-refractivity contribution >= 4 is 51.4 Å². The van der Waals surface area contributed by atoms with Crippen molar-refractivity contribution in [2.75, 3.05) is 10.6 Å². The Balaban J connectivity index is 2.05. The van der Waals surface area contributed by atoms with E-state index in [-0.39, 0.29) is 0 Å². The van der Waals surface area contributed by atoms with E-state index in [4.69, 9.17) is 23.2 Å². The van der Waals surface area contributed by atoms with E-state index in [0.717, 1.165) is 5.69 Å². The summed E-state index contributed by atoms with van der Waals surface area (Å²) in [4.78, 5) is 15.8. The standard InChI is InChI=1S/C11H9Cl2N3OS/c1-6-5-18-11(14-6)16-10(17)15-9-4-7(12)2-3-8(9)13/h2-5H,1H3,(H2,14,15,16,17). The maximum absolute atomic E-state index is 11.7. The fourth-order valence-electron chi connectivity index (χ4n) is 1.26. The molecule has 7 heteroatoms. The second kappa shape index (κ2) is 5.56. The van der Waals surface area contributed by atoms with Crippen LogP contribution >= 0.6 is 34.5 Å². The van der Waals surface area contributed by atoms with Crippen LogP contribution in [0.3, 0.4) is 0 Å². The number of benzene rings is 1. The molecule has 0 aliphatic heterocycles. The lowest BCUT2D eigenvalue weighted by Crippen LogP contribution is -2.19. The average Bonchev–Trinajstić information content (AvgIpc) is 2.69. The summed E-state index contributed by atoms with van der Waals surface area (Å²) in [7, 11) is 0. The first-order chi connectivity index (χ1) is 8.54. The van der Waals surface area contributed by atoms with Crippen LogP contribution in [0.25, 0.3) is 0 Å². The molecule has 4 nitrogen and oxygen atoms in total. The molecule has 1 heterocycles. The van der Waals surface area contributed by atoms with E-state index in [2.05, 4.69) is 15.6 Å². The number of urea groups is 1. The van der Waals surface area contributed by atoms with Crippen LogP contribution in [0.5, 0.6) is 0 Å². The van der Waals surface area contributed by atoms with Crippen LogP contribution in [0.2, 0.25) is 10.0 Å². The number of nitrogens with zero attached hydrogens (tertiary/aromatic N) is 1. The van der Waals surface area contributed by atoms with Crippen LogP contribution in [0.4, 0.5) is 15.6 Å². The molecule has 1 aromatic heterocycles. The van der Waals surface area contributed by atoms with Crippen molar-refractivity contribution in [1.29, 1.82) is 0 Å². The van der Waals surface area contributed by atoms with Gasteiger partial charge in [0.1, 0.15) is 0 Å². The van der Waals surface area contributed by atoms with Crippen molar-refractivity contribution in [1.82, 2.24) is 4.98 Å². The summed E-state index contributed by atoms with van der Waals surface area (Å²) in [5.41, 5.74) is 1.31. The Hall–Kier alpha value is -1.30. The maximum Gasteiger partial charge on any atom is 0.325 e. The quantitative estimate of drug-likeness (QED) is 0.863. The van der Waals surface area contributed by atoms with Crippen molar-refractivity contribution in [2.24, 2.45) is 0 Å². The molecule has 2 N–H and O–H groups in total. The van der Waals surface area contributed by atoms with Gasteiger partial charge in [-0.15, -0.1) is 11.3 Å². The number of carbonyl (C=O) groups is 1. The monoisotopic (exact) mass is 301 g/mol. The predicted octanol–water partition coefficient (Wildman–Crippen LogP) is 4.40. The Morgan fingerprint density at radius 1 is 1.33 bits per heavy atom. The summed E-state index contributed by atoms with van der Waals surface area (Å²) < 4.78 is 0. The molecule has 0 spiro atoms. The van der Waals surface area contributed by atoms with Crippen LogP contribution < -0.4 is 10.6 Å². The van der Waals surface area contributed by atoms with Crippen LogP contribution in [-0.2, 0) is 0 Å². The van der Waals surface area contributed by atoms with Crippen molar-refractivity contribution in [3.05, 3.63) is 39.3 Å². The van der Waals surface area contributed by atoms with Crippen LogP contribution in [-0.4, -0.2) is 11.0 Å². The third-order valence-corrected chi connectivity index (χ3v) is 3.46. The molecule has 94 valence electrons.